The summed E-state index contributed by atoms with van der Waals surface area (Å²) in [5.74, 6) is -0.462. The smallest absolute Gasteiger partial charge is 0.356 e. The number of methoxy groups -OCH3 is 1. The molecule has 4 heteroatoms. The maximum absolute atomic E-state index is 11.2. The quantitative estimate of drug-likeness (QED) is 0.704. The number of carbonyl (C=O) groups is 1. The molecule has 1 heterocycles. The molecule has 1 aliphatic rings. The molecule has 0 amide bonds. The Hall–Kier alpha value is -1.42. The lowest BCUT2D eigenvalue weighted by Gasteiger charge is -2.20. The molecule has 0 saturated carbocycles. The third kappa shape index (κ3) is 1.85. The van der Waals surface area contributed by atoms with Gasteiger partial charge in [-0.15, -0.1) is 0 Å². The fraction of sp³-hybridized carbons (Fsp3) is 0.455. The minimum atomic E-state index is -0.543. The Labute approximate surface area is 87.9 Å². The highest BCUT2D eigenvalue weighted by Gasteiger charge is 2.21. The lowest BCUT2D eigenvalue weighted by molar-refractivity contribution is 0.0592. The number of pyridine rings is 1. The van der Waals surface area contributed by atoms with Gasteiger partial charge in [0.25, 0.3) is 0 Å². The highest BCUT2D eigenvalue weighted by atomic mass is 16.5. The van der Waals surface area contributed by atoms with Gasteiger partial charge in [0.15, 0.2) is 0 Å². The predicted octanol–water partition coefficient (Wildman–Crippen LogP) is 1.24. The zero-order valence-electron chi connectivity index (χ0n) is 8.56. The van der Waals surface area contributed by atoms with Crippen molar-refractivity contribution < 1.29 is 14.6 Å². The van der Waals surface area contributed by atoms with Crippen LogP contribution in [-0.4, -0.2) is 23.2 Å². The Morgan fingerprint density at radius 2 is 2.40 bits per heavy atom. The summed E-state index contributed by atoms with van der Waals surface area (Å²) in [5, 5.41) is 9.73. The van der Waals surface area contributed by atoms with Crippen molar-refractivity contribution >= 4 is 5.97 Å². The molecule has 15 heavy (non-hydrogen) atoms. The van der Waals surface area contributed by atoms with Crippen molar-refractivity contribution in [2.24, 2.45) is 0 Å². The largest absolute Gasteiger partial charge is 0.464 e. The number of aromatic nitrogens is 1. The molecule has 0 radical (unpaired) electrons. The summed E-state index contributed by atoms with van der Waals surface area (Å²) in [7, 11) is 1.32. The summed E-state index contributed by atoms with van der Waals surface area (Å²) in [4.78, 5) is 15.4. The fourth-order valence-corrected chi connectivity index (χ4v) is 1.84. The summed E-state index contributed by atoms with van der Waals surface area (Å²) in [5.41, 5.74) is 1.92. The number of esters is 1. The minimum Gasteiger partial charge on any atom is -0.464 e. The van der Waals surface area contributed by atoms with Crippen molar-refractivity contribution in [2.45, 2.75) is 25.4 Å². The van der Waals surface area contributed by atoms with Crippen molar-refractivity contribution in [3.05, 3.63) is 29.1 Å². The van der Waals surface area contributed by atoms with Gasteiger partial charge in [0.1, 0.15) is 5.69 Å². The standard InChI is InChI=1S/C11H13NO3/c1-15-11(14)8-6-5-7-3-2-4-9(13)10(7)12-8/h5-6,9,13H,2-4H2,1H3. The van der Waals surface area contributed by atoms with Gasteiger partial charge < -0.3 is 9.84 Å². The van der Waals surface area contributed by atoms with E-state index in [1.165, 1.54) is 7.11 Å². The Morgan fingerprint density at radius 3 is 3.13 bits per heavy atom. The number of hydrogen-bond donors (Lipinski definition) is 1. The number of nitrogens with zero attached hydrogens (tertiary/aromatic N) is 1. The van der Waals surface area contributed by atoms with Crippen molar-refractivity contribution in [3.8, 4) is 0 Å². The molecule has 4 nitrogen and oxygen atoms in total. The van der Waals surface area contributed by atoms with Crippen LogP contribution in [0.2, 0.25) is 0 Å². The van der Waals surface area contributed by atoms with Gasteiger partial charge in [-0.1, -0.05) is 6.07 Å². The maximum atomic E-state index is 11.2. The monoisotopic (exact) mass is 207 g/mol. The van der Waals surface area contributed by atoms with Crippen LogP contribution in [0.4, 0.5) is 0 Å². The van der Waals surface area contributed by atoms with E-state index in [0.717, 1.165) is 18.4 Å². The molecule has 0 saturated heterocycles. The average Bonchev–Trinajstić information content (AvgIpc) is 2.28. The van der Waals surface area contributed by atoms with Crippen LogP contribution < -0.4 is 0 Å². The average molecular weight is 207 g/mol. The molecule has 1 atom stereocenters. The van der Waals surface area contributed by atoms with Crippen LogP contribution in [0.25, 0.3) is 0 Å². The van der Waals surface area contributed by atoms with E-state index in [-0.39, 0.29) is 5.69 Å². The minimum absolute atomic E-state index is 0.261. The van der Waals surface area contributed by atoms with Crippen LogP contribution in [0, 0.1) is 0 Å². The molecule has 1 unspecified atom stereocenters. The van der Waals surface area contributed by atoms with Crippen LogP contribution in [0.3, 0.4) is 0 Å². The molecule has 0 fully saturated rings. The van der Waals surface area contributed by atoms with Crippen LogP contribution in [-0.2, 0) is 11.2 Å². The van der Waals surface area contributed by atoms with Gasteiger partial charge in [-0.05, 0) is 30.9 Å². The Bertz CT molecular complexity index is 389. The van der Waals surface area contributed by atoms with E-state index in [1.54, 1.807) is 6.07 Å². The molecule has 1 N–H and O–H groups in total. The van der Waals surface area contributed by atoms with Gasteiger partial charge in [-0.2, -0.15) is 0 Å². The van der Waals surface area contributed by atoms with Gasteiger partial charge in [0.2, 0.25) is 0 Å². The van der Waals surface area contributed by atoms with E-state index in [0.29, 0.717) is 12.1 Å². The third-order valence-electron chi connectivity index (χ3n) is 2.65. The van der Waals surface area contributed by atoms with Crippen LogP contribution in [0.5, 0.6) is 0 Å². The molecule has 0 bridgehead atoms. The lowest BCUT2D eigenvalue weighted by atomic mass is 9.93. The molecule has 0 aliphatic heterocycles. The van der Waals surface area contributed by atoms with Crippen LogP contribution >= 0.6 is 0 Å². The van der Waals surface area contributed by atoms with Gasteiger partial charge in [-0.25, -0.2) is 9.78 Å². The van der Waals surface area contributed by atoms with Crippen molar-refractivity contribution in [1.82, 2.24) is 4.98 Å². The first-order valence-electron chi connectivity index (χ1n) is 4.98. The molecule has 1 aliphatic carbocycles. The van der Waals surface area contributed by atoms with Crippen molar-refractivity contribution in [1.29, 1.82) is 0 Å². The maximum Gasteiger partial charge on any atom is 0.356 e. The van der Waals surface area contributed by atoms with E-state index >= 15 is 0 Å². The number of aliphatic hydroxyl groups is 1. The van der Waals surface area contributed by atoms with E-state index in [9.17, 15) is 9.90 Å². The van der Waals surface area contributed by atoms with Gasteiger partial charge >= 0.3 is 5.97 Å². The van der Waals surface area contributed by atoms with Crippen LogP contribution in [0.1, 0.15) is 40.7 Å². The second-order valence-electron chi connectivity index (χ2n) is 3.64. The van der Waals surface area contributed by atoms with Crippen molar-refractivity contribution in [3.63, 3.8) is 0 Å². The lowest BCUT2D eigenvalue weighted by Crippen LogP contribution is -2.14. The van der Waals surface area contributed by atoms with Crippen molar-refractivity contribution in [2.75, 3.05) is 7.11 Å². The summed E-state index contributed by atoms with van der Waals surface area (Å²) in [6.45, 7) is 0. The predicted molar refractivity (Wildman–Crippen MR) is 53.5 cm³/mol. The third-order valence-corrected chi connectivity index (χ3v) is 2.65. The number of rotatable bonds is 1. The number of aryl methyl sites for hydroxylation is 1. The molecule has 1 aromatic rings. The molecular weight excluding hydrogens is 194 g/mol. The molecule has 0 aromatic carbocycles. The first-order chi connectivity index (χ1) is 7.22. The van der Waals surface area contributed by atoms with Gasteiger partial charge in [-0.3, -0.25) is 0 Å². The second kappa shape index (κ2) is 3.98. The Balaban J connectivity index is 2.39. The van der Waals surface area contributed by atoms with Crippen LogP contribution in [0.15, 0.2) is 12.1 Å². The fourth-order valence-electron chi connectivity index (χ4n) is 1.84. The van der Waals surface area contributed by atoms with Gasteiger partial charge in [0.05, 0.1) is 18.9 Å². The highest BCUT2D eigenvalue weighted by Crippen LogP contribution is 2.27. The summed E-state index contributed by atoms with van der Waals surface area (Å²) in [6.07, 6.45) is 2.05. The van der Waals surface area contributed by atoms with E-state index in [1.807, 2.05) is 6.07 Å². The van der Waals surface area contributed by atoms with E-state index in [4.69, 9.17) is 0 Å². The zero-order chi connectivity index (χ0) is 10.8. The summed E-state index contributed by atoms with van der Waals surface area (Å²) in [6, 6.07) is 3.49. The number of hydrogen-bond acceptors (Lipinski definition) is 4. The Morgan fingerprint density at radius 1 is 1.60 bits per heavy atom. The molecular formula is C11H13NO3. The molecule has 2 rings (SSSR count). The first-order valence-corrected chi connectivity index (χ1v) is 4.98. The normalized spacial score (nSPS) is 19.5. The number of aliphatic hydroxyl groups excluding tert-OH is 1. The number of fused-ring (bicyclic) bond motifs is 1. The first kappa shape index (κ1) is 10.1. The second-order valence-corrected chi connectivity index (χ2v) is 3.64. The zero-order valence-corrected chi connectivity index (χ0v) is 8.56. The SMILES string of the molecule is COC(=O)c1ccc2c(n1)C(O)CCC2. The van der Waals surface area contributed by atoms with Gasteiger partial charge in [0, 0.05) is 0 Å². The molecule has 80 valence electrons. The van der Waals surface area contributed by atoms with E-state index in [2.05, 4.69) is 9.72 Å². The van der Waals surface area contributed by atoms with E-state index < -0.39 is 12.1 Å². The number of carbonyl (C=O) groups excluding carboxylic acids is 1. The summed E-state index contributed by atoms with van der Waals surface area (Å²) < 4.78 is 4.58. The molecule has 0 spiro atoms. The summed E-state index contributed by atoms with van der Waals surface area (Å²) >= 11 is 0. The topological polar surface area (TPSA) is 59.4 Å². The highest BCUT2D eigenvalue weighted by molar-refractivity contribution is 5.87. The molecule has 1 aromatic heterocycles. The number of ether oxygens (including phenoxy) is 1. The Kier molecular flexibility index (Phi) is 2.68.